The predicted octanol–water partition coefficient (Wildman–Crippen LogP) is 3.69. The van der Waals surface area contributed by atoms with Crippen LogP contribution in [0.25, 0.3) is 11.3 Å². The van der Waals surface area contributed by atoms with Crippen LogP contribution in [0.2, 0.25) is 0 Å². The molecule has 0 unspecified atom stereocenters. The summed E-state index contributed by atoms with van der Waals surface area (Å²) >= 11 is 0. The van der Waals surface area contributed by atoms with Gasteiger partial charge in [-0.15, -0.1) is 0 Å². The van der Waals surface area contributed by atoms with E-state index in [1.165, 1.54) is 0 Å². The summed E-state index contributed by atoms with van der Waals surface area (Å²) in [6, 6.07) is 20.3. The van der Waals surface area contributed by atoms with E-state index in [-0.39, 0.29) is 0 Å². The van der Waals surface area contributed by atoms with Crippen molar-refractivity contribution in [3.05, 3.63) is 72.7 Å². The number of imidazole rings is 1. The van der Waals surface area contributed by atoms with Gasteiger partial charge in [0.2, 0.25) is 0 Å². The average molecular weight is 249 g/mol. The highest BCUT2D eigenvalue weighted by Crippen LogP contribution is 2.16. The number of rotatable bonds is 4. The van der Waals surface area contributed by atoms with Crippen molar-refractivity contribution in [3.63, 3.8) is 0 Å². The fourth-order valence-corrected chi connectivity index (χ4v) is 1.96. The number of aromatic amines is 1. The number of H-pyrrole nitrogens is 1. The number of anilines is 1. The smallest absolute Gasteiger partial charge is 0.125 e. The molecule has 0 bridgehead atoms. The van der Waals surface area contributed by atoms with Gasteiger partial charge in [0, 0.05) is 5.69 Å². The molecule has 0 saturated heterocycles. The second-order valence-corrected chi connectivity index (χ2v) is 4.33. The molecule has 94 valence electrons. The maximum Gasteiger partial charge on any atom is 0.125 e. The zero-order chi connectivity index (χ0) is 12.9. The van der Waals surface area contributed by atoms with Crippen LogP contribution in [-0.4, -0.2) is 9.97 Å². The van der Waals surface area contributed by atoms with E-state index in [9.17, 15) is 0 Å². The standard InChI is InChI=1S/C16H15N3/c1-3-7-13(8-4-1)15-11-18-16(19-15)12-17-14-9-5-2-6-10-14/h1-11,17H,12H2,(H,18,19). The second kappa shape index (κ2) is 5.40. The highest BCUT2D eigenvalue weighted by atomic mass is 15.0. The second-order valence-electron chi connectivity index (χ2n) is 4.33. The Kier molecular flexibility index (Phi) is 3.28. The van der Waals surface area contributed by atoms with E-state index in [0.29, 0.717) is 6.54 Å². The Bertz CT molecular complexity index is 629. The Morgan fingerprint density at radius 2 is 1.58 bits per heavy atom. The molecule has 2 N–H and O–H groups in total. The van der Waals surface area contributed by atoms with E-state index in [0.717, 1.165) is 22.8 Å². The first-order valence-corrected chi connectivity index (χ1v) is 6.30. The Balaban J connectivity index is 1.69. The molecule has 0 aliphatic carbocycles. The van der Waals surface area contributed by atoms with Gasteiger partial charge in [-0.25, -0.2) is 4.98 Å². The summed E-state index contributed by atoms with van der Waals surface area (Å²) < 4.78 is 0. The number of nitrogens with zero attached hydrogens (tertiary/aromatic N) is 1. The van der Waals surface area contributed by atoms with Crippen LogP contribution >= 0.6 is 0 Å². The lowest BCUT2D eigenvalue weighted by Gasteiger charge is -2.03. The Hall–Kier alpha value is -2.55. The quantitative estimate of drug-likeness (QED) is 0.740. The molecule has 3 rings (SSSR count). The summed E-state index contributed by atoms with van der Waals surface area (Å²) in [6.45, 7) is 0.691. The molecule has 1 aromatic heterocycles. The third kappa shape index (κ3) is 2.83. The zero-order valence-corrected chi connectivity index (χ0v) is 10.5. The molecular weight excluding hydrogens is 234 g/mol. The van der Waals surface area contributed by atoms with E-state index >= 15 is 0 Å². The van der Waals surface area contributed by atoms with E-state index in [2.05, 4.69) is 27.4 Å². The molecule has 0 fully saturated rings. The van der Waals surface area contributed by atoms with Gasteiger partial charge in [0.15, 0.2) is 0 Å². The third-order valence-corrected chi connectivity index (χ3v) is 2.95. The van der Waals surface area contributed by atoms with Crippen LogP contribution in [0.3, 0.4) is 0 Å². The maximum absolute atomic E-state index is 4.39. The van der Waals surface area contributed by atoms with Crippen molar-refractivity contribution in [2.75, 3.05) is 5.32 Å². The minimum absolute atomic E-state index is 0.691. The Morgan fingerprint density at radius 1 is 0.895 bits per heavy atom. The normalized spacial score (nSPS) is 10.3. The minimum atomic E-state index is 0.691. The molecule has 0 spiro atoms. The molecule has 3 heteroatoms. The first-order valence-electron chi connectivity index (χ1n) is 6.30. The molecule has 1 heterocycles. The van der Waals surface area contributed by atoms with Gasteiger partial charge >= 0.3 is 0 Å². The van der Waals surface area contributed by atoms with Crippen LogP contribution < -0.4 is 5.32 Å². The van der Waals surface area contributed by atoms with Crippen molar-refractivity contribution >= 4 is 5.69 Å². The number of aromatic nitrogens is 2. The van der Waals surface area contributed by atoms with Crippen LogP contribution in [0.4, 0.5) is 5.69 Å². The lowest BCUT2D eigenvalue weighted by molar-refractivity contribution is 1.00. The van der Waals surface area contributed by atoms with Crippen LogP contribution in [0.15, 0.2) is 66.9 Å². The van der Waals surface area contributed by atoms with E-state index in [1.54, 1.807) is 0 Å². The van der Waals surface area contributed by atoms with E-state index in [1.807, 2.05) is 54.7 Å². The van der Waals surface area contributed by atoms with Gasteiger partial charge in [-0.1, -0.05) is 48.5 Å². The zero-order valence-electron chi connectivity index (χ0n) is 10.5. The molecule has 0 atom stereocenters. The van der Waals surface area contributed by atoms with Crippen molar-refractivity contribution < 1.29 is 0 Å². The van der Waals surface area contributed by atoms with Gasteiger partial charge < -0.3 is 10.3 Å². The molecule has 0 saturated carbocycles. The number of hydrogen-bond donors (Lipinski definition) is 2. The average Bonchev–Trinajstić information content (AvgIpc) is 2.96. The van der Waals surface area contributed by atoms with E-state index < -0.39 is 0 Å². The lowest BCUT2D eigenvalue weighted by Crippen LogP contribution is -2.00. The maximum atomic E-state index is 4.39. The van der Waals surface area contributed by atoms with E-state index in [4.69, 9.17) is 0 Å². The van der Waals surface area contributed by atoms with Crippen LogP contribution in [0, 0.1) is 0 Å². The first kappa shape index (κ1) is 11.5. The number of hydrogen-bond acceptors (Lipinski definition) is 2. The largest absolute Gasteiger partial charge is 0.378 e. The minimum Gasteiger partial charge on any atom is -0.378 e. The van der Waals surface area contributed by atoms with Crippen LogP contribution in [0.5, 0.6) is 0 Å². The molecule has 19 heavy (non-hydrogen) atoms. The lowest BCUT2D eigenvalue weighted by atomic mass is 10.2. The van der Waals surface area contributed by atoms with Gasteiger partial charge in [-0.3, -0.25) is 0 Å². The summed E-state index contributed by atoms with van der Waals surface area (Å²) in [5, 5.41) is 3.33. The van der Waals surface area contributed by atoms with Crippen LogP contribution in [0.1, 0.15) is 5.82 Å². The predicted molar refractivity (Wildman–Crippen MR) is 77.8 cm³/mol. The molecule has 3 nitrogen and oxygen atoms in total. The van der Waals surface area contributed by atoms with Crippen molar-refractivity contribution in [2.45, 2.75) is 6.54 Å². The van der Waals surface area contributed by atoms with Crippen molar-refractivity contribution in [3.8, 4) is 11.3 Å². The topological polar surface area (TPSA) is 40.7 Å². The first-order chi connectivity index (χ1) is 9.42. The molecule has 2 aromatic carbocycles. The fraction of sp³-hybridized carbons (Fsp3) is 0.0625. The fourth-order valence-electron chi connectivity index (χ4n) is 1.96. The molecular formula is C16H15N3. The SMILES string of the molecule is c1ccc(NCc2ncc(-c3ccccc3)[nH]2)cc1. The van der Waals surface area contributed by atoms with Crippen LogP contribution in [-0.2, 0) is 6.54 Å². The molecule has 0 aliphatic rings. The summed E-state index contributed by atoms with van der Waals surface area (Å²) in [4.78, 5) is 7.72. The van der Waals surface area contributed by atoms with Gasteiger partial charge in [-0.2, -0.15) is 0 Å². The van der Waals surface area contributed by atoms with Gasteiger partial charge in [0.05, 0.1) is 18.4 Å². The highest BCUT2D eigenvalue weighted by Gasteiger charge is 2.02. The number of para-hydroxylation sites is 1. The molecule has 0 amide bonds. The van der Waals surface area contributed by atoms with Gasteiger partial charge in [-0.05, 0) is 17.7 Å². The highest BCUT2D eigenvalue weighted by molar-refractivity contribution is 5.58. The van der Waals surface area contributed by atoms with Crippen molar-refractivity contribution in [2.24, 2.45) is 0 Å². The number of nitrogens with one attached hydrogen (secondary N) is 2. The third-order valence-electron chi connectivity index (χ3n) is 2.95. The molecule has 0 radical (unpaired) electrons. The van der Waals surface area contributed by atoms with Gasteiger partial charge in [0.25, 0.3) is 0 Å². The Morgan fingerprint density at radius 3 is 2.32 bits per heavy atom. The van der Waals surface area contributed by atoms with Gasteiger partial charge in [0.1, 0.15) is 5.82 Å². The number of benzene rings is 2. The van der Waals surface area contributed by atoms with Crippen molar-refractivity contribution in [1.82, 2.24) is 9.97 Å². The molecule has 3 aromatic rings. The Labute approximate surface area is 112 Å². The summed E-state index contributed by atoms with van der Waals surface area (Å²) in [7, 11) is 0. The summed E-state index contributed by atoms with van der Waals surface area (Å²) in [5.74, 6) is 0.933. The summed E-state index contributed by atoms with van der Waals surface area (Å²) in [5.41, 5.74) is 3.30. The summed E-state index contributed by atoms with van der Waals surface area (Å²) in [6.07, 6.45) is 1.87. The molecule has 0 aliphatic heterocycles. The monoisotopic (exact) mass is 249 g/mol. The van der Waals surface area contributed by atoms with Crippen molar-refractivity contribution in [1.29, 1.82) is 0 Å².